The summed E-state index contributed by atoms with van der Waals surface area (Å²) in [7, 11) is 0. The summed E-state index contributed by atoms with van der Waals surface area (Å²) in [4.78, 5) is 26.5. The van der Waals surface area contributed by atoms with E-state index < -0.39 is 0 Å². The molecule has 21 heavy (non-hydrogen) atoms. The predicted molar refractivity (Wildman–Crippen MR) is 82.9 cm³/mol. The van der Waals surface area contributed by atoms with Gasteiger partial charge in [0.25, 0.3) is 0 Å². The highest BCUT2D eigenvalue weighted by molar-refractivity contribution is 5.96. The Morgan fingerprint density at radius 3 is 2.38 bits per heavy atom. The molecule has 0 spiro atoms. The molecule has 0 saturated carbocycles. The van der Waals surface area contributed by atoms with Crippen molar-refractivity contribution in [2.45, 2.75) is 51.6 Å². The highest BCUT2D eigenvalue weighted by Gasteiger charge is 2.39. The molecule has 0 bridgehead atoms. The van der Waals surface area contributed by atoms with E-state index in [0.29, 0.717) is 19.4 Å². The van der Waals surface area contributed by atoms with Crippen molar-refractivity contribution in [1.82, 2.24) is 10.2 Å². The van der Waals surface area contributed by atoms with E-state index in [2.05, 4.69) is 24.4 Å². The second-order valence-electron chi connectivity index (χ2n) is 5.70. The van der Waals surface area contributed by atoms with Gasteiger partial charge in [-0.05, 0) is 24.3 Å². The summed E-state index contributed by atoms with van der Waals surface area (Å²) in [6.45, 7) is 6.56. The molecule has 3 atom stereocenters. The van der Waals surface area contributed by atoms with Crippen molar-refractivity contribution in [2.75, 3.05) is 6.54 Å². The molecule has 1 N–H and O–H groups in total. The molecule has 2 rings (SSSR count). The van der Waals surface area contributed by atoms with Gasteiger partial charge >= 0.3 is 0 Å². The van der Waals surface area contributed by atoms with Gasteiger partial charge in [0, 0.05) is 6.54 Å². The molecule has 4 heteroatoms. The van der Waals surface area contributed by atoms with Crippen LogP contribution in [0.15, 0.2) is 30.3 Å². The molecule has 0 radical (unpaired) electrons. The van der Waals surface area contributed by atoms with Crippen LogP contribution < -0.4 is 5.32 Å². The van der Waals surface area contributed by atoms with Crippen molar-refractivity contribution in [2.24, 2.45) is 0 Å². The third-order valence-corrected chi connectivity index (χ3v) is 4.21. The number of hydrogen-bond acceptors (Lipinski definition) is 2. The highest BCUT2D eigenvalue weighted by Crippen LogP contribution is 2.21. The fourth-order valence-corrected chi connectivity index (χ4v) is 2.91. The zero-order valence-corrected chi connectivity index (χ0v) is 13.0. The van der Waals surface area contributed by atoms with Crippen LogP contribution in [-0.4, -0.2) is 35.3 Å². The first kappa shape index (κ1) is 15.5. The topological polar surface area (TPSA) is 49.4 Å². The molecule has 3 unspecified atom stereocenters. The molecule has 1 saturated heterocycles. The Bertz CT molecular complexity index is 501. The molecule has 114 valence electrons. The van der Waals surface area contributed by atoms with E-state index in [4.69, 9.17) is 0 Å². The van der Waals surface area contributed by atoms with Crippen LogP contribution >= 0.6 is 0 Å². The average Bonchev–Trinajstić information content (AvgIpc) is 2.51. The SMILES string of the molecule is CCC1NC(=O)C(CC)N(CC(C)c2ccccc2)C1=O. The van der Waals surface area contributed by atoms with Crippen molar-refractivity contribution in [3.05, 3.63) is 35.9 Å². The normalized spacial score (nSPS) is 23.9. The quantitative estimate of drug-likeness (QED) is 0.904. The second-order valence-corrected chi connectivity index (χ2v) is 5.70. The zero-order valence-electron chi connectivity index (χ0n) is 13.0. The highest BCUT2D eigenvalue weighted by atomic mass is 16.2. The number of nitrogens with one attached hydrogen (secondary N) is 1. The van der Waals surface area contributed by atoms with Gasteiger partial charge in [0.1, 0.15) is 12.1 Å². The first-order valence-corrected chi connectivity index (χ1v) is 7.74. The van der Waals surface area contributed by atoms with Gasteiger partial charge in [-0.15, -0.1) is 0 Å². The summed E-state index contributed by atoms with van der Waals surface area (Å²) in [5.41, 5.74) is 1.19. The maximum absolute atomic E-state index is 12.5. The Balaban J connectivity index is 2.17. The minimum absolute atomic E-state index is 0.0239. The van der Waals surface area contributed by atoms with Crippen molar-refractivity contribution in [1.29, 1.82) is 0 Å². The van der Waals surface area contributed by atoms with Gasteiger partial charge in [-0.2, -0.15) is 0 Å². The van der Waals surface area contributed by atoms with E-state index in [-0.39, 0.29) is 29.8 Å². The lowest BCUT2D eigenvalue weighted by Gasteiger charge is -2.39. The molecule has 0 aliphatic carbocycles. The van der Waals surface area contributed by atoms with Crippen molar-refractivity contribution < 1.29 is 9.59 Å². The van der Waals surface area contributed by atoms with Gasteiger partial charge in [-0.1, -0.05) is 51.1 Å². The summed E-state index contributed by atoms with van der Waals surface area (Å²) < 4.78 is 0. The minimum atomic E-state index is -0.372. The van der Waals surface area contributed by atoms with Crippen molar-refractivity contribution in [3.63, 3.8) is 0 Å². The Morgan fingerprint density at radius 1 is 1.14 bits per heavy atom. The fourth-order valence-electron chi connectivity index (χ4n) is 2.91. The van der Waals surface area contributed by atoms with Crippen LogP contribution in [0.3, 0.4) is 0 Å². The van der Waals surface area contributed by atoms with Crippen LogP contribution in [0, 0.1) is 0 Å². The van der Waals surface area contributed by atoms with Gasteiger partial charge < -0.3 is 10.2 Å². The molecule has 1 fully saturated rings. The van der Waals surface area contributed by atoms with E-state index in [9.17, 15) is 9.59 Å². The summed E-state index contributed by atoms with van der Waals surface area (Å²) in [5.74, 6) is 0.239. The van der Waals surface area contributed by atoms with Gasteiger partial charge in [-0.3, -0.25) is 9.59 Å². The maximum atomic E-state index is 12.5. The Hall–Kier alpha value is -1.84. The number of benzene rings is 1. The Labute approximate surface area is 126 Å². The molecular formula is C17H24N2O2. The molecule has 2 amide bonds. The van der Waals surface area contributed by atoms with E-state index in [1.54, 1.807) is 4.90 Å². The zero-order chi connectivity index (χ0) is 15.4. The van der Waals surface area contributed by atoms with Crippen molar-refractivity contribution >= 4 is 11.8 Å². The number of rotatable bonds is 5. The van der Waals surface area contributed by atoms with Crippen LogP contribution in [0.5, 0.6) is 0 Å². The smallest absolute Gasteiger partial charge is 0.245 e. The predicted octanol–water partition coefficient (Wildman–Crippen LogP) is 2.31. The largest absolute Gasteiger partial charge is 0.343 e. The summed E-state index contributed by atoms with van der Waals surface area (Å²) in [5, 5.41) is 2.83. The maximum Gasteiger partial charge on any atom is 0.245 e. The summed E-state index contributed by atoms with van der Waals surface area (Å²) in [6, 6.07) is 9.41. The van der Waals surface area contributed by atoms with Crippen molar-refractivity contribution in [3.8, 4) is 0 Å². The molecule has 1 aromatic rings. The number of nitrogens with zero attached hydrogens (tertiary/aromatic N) is 1. The Morgan fingerprint density at radius 2 is 1.81 bits per heavy atom. The van der Waals surface area contributed by atoms with Crippen LogP contribution in [0.4, 0.5) is 0 Å². The number of amides is 2. The third kappa shape index (κ3) is 3.26. The van der Waals surface area contributed by atoms with Crippen LogP contribution in [0.1, 0.15) is 45.1 Å². The molecular weight excluding hydrogens is 264 g/mol. The van der Waals surface area contributed by atoms with Gasteiger partial charge in [-0.25, -0.2) is 0 Å². The standard InChI is InChI=1S/C17H24N2O2/c1-4-14-17(21)19(15(5-2)16(20)18-14)11-12(3)13-9-7-6-8-10-13/h6-10,12,14-15H,4-5,11H2,1-3H3,(H,18,20). The van der Waals surface area contributed by atoms with E-state index in [1.165, 1.54) is 5.56 Å². The van der Waals surface area contributed by atoms with Gasteiger partial charge in [0.15, 0.2) is 0 Å². The van der Waals surface area contributed by atoms with Crippen LogP contribution in [0.2, 0.25) is 0 Å². The number of hydrogen-bond donors (Lipinski definition) is 1. The first-order valence-electron chi connectivity index (χ1n) is 7.74. The van der Waals surface area contributed by atoms with Crippen LogP contribution in [0.25, 0.3) is 0 Å². The molecule has 4 nitrogen and oxygen atoms in total. The molecule has 1 aromatic carbocycles. The van der Waals surface area contributed by atoms with Gasteiger partial charge in [0.05, 0.1) is 0 Å². The molecule has 0 aromatic heterocycles. The number of piperazine rings is 1. The first-order chi connectivity index (χ1) is 10.1. The lowest BCUT2D eigenvalue weighted by molar-refractivity contribution is -0.149. The molecule has 1 aliphatic rings. The molecule has 1 heterocycles. The van der Waals surface area contributed by atoms with E-state index in [1.807, 2.05) is 32.0 Å². The van der Waals surface area contributed by atoms with Crippen LogP contribution in [-0.2, 0) is 9.59 Å². The second kappa shape index (κ2) is 6.74. The average molecular weight is 288 g/mol. The van der Waals surface area contributed by atoms with E-state index in [0.717, 1.165) is 0 Å². The van der Waals surface area contributed by atoms with Gasteiger partial charge in [0.2, 0.25) is 11.8 Å². The lowest BCUT2D eigenvalue weighted by atomic mass is 9.97. The number of carbonyl (C=O) groups is 2. The Kier molecular flexibility index (Phi) is 4.99. The monoisotopic (exact) mass is 288 g/mol. The fraction of sp³-hybridized carbons (Fsp3) is 0.529. The number of carbonyl (C=O) groups excluding carboxylic acids is 2. The van der Waals surface area contributed by atoms with E-state index >= 15 is 0 Å². The third-order valence-electron chi connectivity index (χ3n) is 4.21. The lowest BCUT2D eigenvalue weighted by Crippen LogP contribution is -2.63. The molecule has 1 aliphatic heterocycles. The summed E-state index contributed by atoms with van der Waals surface area (Å²) in [6.07, 6.45) is 1.28. The summed E-state index contributed by atoms with van der Waals surface area (Å²) >= 11 is 0. The minimum Gasteiger partial charge on any atom is -0.343 e.